The molecule has 3 rings (SSSR count). The minimum absolute atomic E-state index is 0.105. The lowest BCUT2D eigenvalue weighted by molar-refractivity contribution is -0.115. The Morgan fingerprint density at radius 2 is 2.14 bits per heavy atom. The van der Waals surface area contributed by atoms with Crippen LogP contribution >= 0.6 is 0 Å². The zero-order chi connectivity index (χ0) is 15.5. The van der Waals surface area contributed by atoms with Gasteiger partial charge in [-0.3, -0.25) is 4.79 Å². The van der Waals surface area contributed by atoms with E-state index >= 15 is 0 Å². The zero-order valence-corrected chi connectivity index (χ0v) is 11.9. The van der Waals surface area contributed by atoms with Gasteiger partial charge >= 0.3 is 0 Å². The number of anilines is 1. The summed E-state index contributed by atoms with van der Waals surface area (Å²) in [6.45, 7) is 0. The van der Waals surface area contributed by atoms with E-state index < -0.39 is 0 Å². The van der Waals surface area contributed by atoms with E-state index in [-0.39, 0.29) is 18.1 Å². The van der Waals surface area contributed by atoms with E-state index in [0.29, 0.717) is 28.0 Å². The molecule has 0 bridgehead atoms. The van der Waals surface area contributed by atoms with Gasteiger partial charge in [0.25, 0.3) is 0 Å². The largest absolute Gasteiger partial charge is 0.497 e. The summed E-state index contributed by atoms with van der Waals surface area (Å²) in [6, 6.07) is 11.3. The molecule has 0 saturated heterocycles. The van der Waals surface area contributed by atoms with Crippen molar-refractivity contribution in [2.45, 2.75) is 6.42 Å². The Hall–Kier alpha value is -2.82. The van der Waals surface area contributed by atoms with Crippen LogP contribution in [0.2, 0.25) is 0 Å². The highest BCUT2D eigenvalue weighted by atomic mass is 19.1. The minimum Gasteiger partial charge on any atom is -0.497 e. The second-order valence-electron chi connectivity index (χ2n) is 4.86. The molecule has 112 valence electrons. The number of amides is 1. The molecule has 0 radical (unpaired) electrons. The first kappa shape index (κ1) is 14.1. The summed E-state index contributed by atoms with van der Waals surface area (Å²) < 4.78 is 23.7. The molecule has 1 N–H and O–H groups in total. The molecular formula is C17H14FNO3. The van der Waals surface area contributed by atoms with E-state index in [1.54, 1.807) is 37.4 Å². The molecule has 1 heterocycles. The molecule has 2 aromatic carbocycles. The number of rotatable bonds is 4. The average Bonchev–Trinajstić information content (AvgIpc) is 2.89. The molecule has 0 spiro atoms. The van der Waals surface area contributed by atoms with Crippen LogP contribution in [0.25, 0.3) is 11.0 Å². The Bertz CT molecular complexity index is 826. The smallest absolute Gasteiger partial charge is 0.228 e. The van der Waals surface area contributed by atoms with Crippen LogP contribution in [0.1, 0.15) is 5.56 Å². The summed E-state index contributed by atoms with van der Waals surface area (Å²) >= 11 is 0. The lowest BCUT2D eigenvalue weighted by atomic mass is 10.1. The van der Waals surface area contributed by atoms with Crippen LogP contribution in [0.5, 0.6) is 5.75 Å². The van der Waals surface area contributed by atoms with Crippen molar-refractivity contribution in [3.05, 3.63) is 60.1 Å². The number of benzene rings is 2. The Labute approximate surface area is 126 Å². The lowest BCUT2D eigenvalue weighted by Gasteiger charge is -2.06. The predicted octanol–water partition coefficient (Wildman–Crippen LogP) is 3.76. The molecule has 3 aromatic rings. The first-order chi connectivity index (χ1) is 10.7. The normalized spacial score (nSPS) is 10.6. The van der Waals surface area contributed by atoms with Gasteiger partial charge in [-0.1, -0.05) is 6.07 Å². The fraction of sp³-hybridized carbons (Fsp3) is 0.118. The number of hydrogen-bond donors (Lipinski definition) is 1. The summed E-state index contributed by atoms with van der Waals surface area (Å²) in [5.41, 5.74) is 1.85. The van der Waals surface area contributed by atoms with E-state index in [0.717, 1.165) is 0 Å². The molecular weight excluding hydrogens is 285 g/mol. The number of nitrogens with one attached hydrogen (secondary N) is 1. The second kappa shape index (κ2) is 5.89. The average molecular weight is 299 g/mol. The van der Waals surface area contributed by atoms with E-state index in [1.165, 1.54) is 18.4 Å². The van der Waals surface area contributed by atoms with Crippen molar-refractivity contribution in [3.8, 4) is 5.75 Å². The van der Waals surface area contributed by atoms with E-state index in [2.05, 4.69) is 5.32 Å². The van der Waals surface area contributed by atoms with Gasteiger partial charge in [-0.05, 0) is 30.3 Å². The molecule has 1 aromatic heterocycles. The van der Waals surface area contributed by atoms with Gasteiger partial charge in [0.2, 0.25) is 5.91 Å². The number of hydrogen-bond acceptors (Lipinski definition) is 3. The van der Waals surface area contributed by atoms with Crippen LogP contribution < -0.4 is 10.1 Å². The Kier molecular flexibility index (Phi) is 3.78. The van der Waals surface area contributed by atoms with Crippen LogP contribution in [-0.2, 0) is 11.2 Å². The van der Waals surface area contributed by atoms with Gasteiger partial charge in [-0.25, -0.2) is 4.39 Å². The molecule has 0 aliphatic carbocycles. The first-order valence-corrected chi connectivity index (χ1v) is 6.75. The quantitative estimate of drug-likeness (QED) is 0.798. The molecule has 0 atom stereocenters. The van der Waals surface area contributed by atoms with Crippen molar-refractivity contribution in [1.82, 2.24) is 0 Å². The standard InChI is InChI=1S/C17H14FNO3/c1-21-14-4-2-3-13(9-14)19-17(20)7-11-10-22-16-6-5-12(18)8-15(11)16/h2-6,8-10H,7H2,1H3,(H,19,20). The van der Waals surface area contributed by atoms with Gasteiger partial charge in [0.1, 0.15) is 17.1 Å². The topological polar surface area (TPSA) is 51.5 Å². The number of methoxy groups -OCH3 is 1. The van der Waals surface area contributed by atoms with Gasteiger partial charge in [0.05, 0.1) is 19.8 Å². The summed E-state index contributed by atoms with van der Waals surface area (Å²) in [5.74, 6) is 0.0946. The number of ether oxygens (including phenoxy) is 1. The maximum Gasteiger partial charge on any atom is 0.228 e. The molecule has 5 heteroatoms. The van der Waals surface area contributed by atoms with Crippen molar-refractivity contribution < 1.29 is 18.3 Å². The third-order valence-corrected chi connectivity index (χ3v) is 3.32. The van der Waals surface area contributed by atoms with Crippen LogP contribution in [0.15, 0.2) is 53.1 Å². The lowest BCUT2D eigenvalue weighted by Crippen LogP contribution is -2.14. The third-order valence-electron chi connectivity index (χ3n) is 3.32. The zero-order valence-electron chi connectivity index (χ0n) is 11.9. The number of furan rings is 1. The van der Waals surface area contributed by atoms with Crippen LogP contribution in [-0.4, -0.2) is 13.0 Å². The molecule has 0 aliphatic rings. The highest BCUT2D eigenvalue weighted by Crippen LogP contribution is 2.23. The number of halogens is 1. The van der Waals surface area contributed by atoms with Crippen LogP contribution in [0, 0.1) is 5.82 Å². The van der Waals surface area contributed by atoms with Gasteiger partial charge in [-0.2, -0.15) is 0 Å². The van der Waals surface area contributed by atoms with Crippen molar-refractivity contribution in [1.29, 1.82) is 0 Å². The molecule has 4 nitrogen and oxygen atoms in total. The fourth-order valence-corrected chi connectivity index (χ4v) is 2.27. The summed E-state index contributed by atoms with van der Waals surface area (Å²) in [6.07, 6.45) is 1.59. The molecule has 0 saturated carbocycles. The minimum atomic E-state index is -0.358. The highest BCUT2D eigenvalue weighted by Gasteiger charge is 2.11. The monoisotopic (exact) mass is 299 g/mol. The SMILES string of the molecule is COc1cccc(NC(=O)Cc2coc3ccc(F)cc23)c1. The molecule has 0 fully saturated rings. The van der Waals surface area contributed by atoms with E-state index in [4.69, 9.17) is 9.15 Å². The van der Waals surface area contributed by atoms with Crippen LogP contribution in [0.4, 0.5) is 10.1 Å². The van der Waals surface area contributed by atoms with Crippen molar-refractivity contribution in [2.75, 3.05) is 12.4 Å². The molecule has 1 amide bonds. The van der Waals surface area contributed by atoms with E-state index in [9.17, 15) is 9.18 Å². The van der Waals surface area contributed by atoms with Crippen molar-refractivity contribution in [3.63, 3.8) is 0 Å². The predicted molar refractivity (Wildman–Crippen MR) is 81.5 cm³/mol. The number of carbonyl (C=O) groups excluding carboxylic acids is 1. The summed E-state index contributed by atoms with van der Waals surface area (Å²) in [5, 5.41) is 3.39. The fourth-order valence-electron chi connectivity index (χ4n) is 2.27. The maximum absolute atomic E-state index is 13.3. The van der Waals surface area contributed by atoms with Crippen LogP contribution in [0.3, 0.4) is 0 Å². The van der Waals surface area contributed by atoms with Gasteiger partial charge in [0, 0.05) is 22.7 Å². The van der Waals surface area contributed by atoms with Gasteiger partial charge in [-0.15, -0.1) is 0 Å². The highest BCUT2D eigenvalue weighted by molar-refractivity contribution is 5.95. The Morgan fingerprint density at radius 1 is 1.27 bits per heavy atom. The Morgan fingerprint density at radius 3 is 2.95 bits per heavy atom. The first-order valence-electron chi connectivity index (χ1n) is 6.75. The summed E-state index contributed by atoms with van der Waals surface area (Å²) in [7, 11) is 1.56. The molecule has 22 heavy (non-hydrogen) atoms. The van der Waals surface area contributed by atoms with Crippen molar-refractivity contribution in [2.24, 2.45) is 0 Å². The van der Waals surface area contributed by atoms with Gasteiger partial charge in [0.15, 0.2) is 0 Å². The van der Waals surface area contributed by atoms with Crippen molar-refractivity contribution >= 4 is 22.6 Å². The van der Waals surface area contributed by atoms with E-state index in [1.807, 2.05) is 0 Å². The second-order valence-corrected chi connectivity index (χ2v) is 4.86. The number of fused-ring (bicyclic) bond motifs is 1. The molecule has 0 aliphatic heterocycles. The maximum atomic E-state index is 13.3. The third kappa shape index (κ3) is 2.93. The molecule has 0 unspecified atom stereocenters. The van der Waals surface area contributed by atoms with Gasteiger partial charge < -0.3 is 14.5 Å². The summed E-state index contributed by atoms with van der Waals surface area (Å²) in [4.78, 5) is 12.1. The Balaban J connectivity index is 1.76. The number of carbonyl (C=O) groups is 1.